The Kier molecular flexibility index (Phi) is 3.41. The van der Waals surface area contributed by atoms with Crippen molar-refractivity contribution in [1.29, 1.82) is 0 Å². The van der Waals surface area contributed by atoms with Gasteiger partial charge in [0.2, 0.25) is 5.95 Å². The van der Waals surface area contributed by atoms with Crippen molar-refractivity contribution in [1.82, 2.24) is 9.97 Å². The third-order valence-corrected chi connectivity index (χ3v) is 3.37. The maximum absolute atomic E-state index is 8.98. The fourth-order valence-electron chi connectivity index (χ4n) is 1.64. The summed E-state index contributed by atoms with van der Waals surface area (Å²) in [7, 11) is 1.88. The van der Waals surface area contributed by atoms with Gasteiger partial charge >= 0.3 is 0 Å². The molecule has 7 heteroatoms. The van der Waals surface area contributed by atoms with Crippen LogP contribution in [-0.2, 0) is 0 Å². The normalized spacial score (nSPS) is 10.8. The van der Waals surface area contributed by atoms with Gasteiger partial charge in [-0.2, -0.15) is 4.98 Å². The van der Waals surface area contributed by atoms with Gasteiger partial charge in [-0.3, -0.25) is 5.43 Å². The van der Waals surface area contributed by atoms with Gasteiger partial charge < -0.3 is 10.0 Å². The number of rotatable bonds is 4. The maximum atomic E-state index is 8.98. The Labute approximate surface area is 103 Å². The van der Waals surface area contributed by atoms with Crippen molar-refractivity contribution < 1.29 is 5.11 Å². The van der Waals surface area contributed by atoms with Gasteiger partial charge in [0.1, 0.15) is 10.6 Å². The predicted octanol–water partition coefficient (Wildman–Crippen LogP) is 0.714. The Morgan fingerprint density at radius 1 is 1.53 bits per heavy atom. The monoisotopic (exact) mass is 253 g/mol. The van der Waals surface area contributed by atoms with E-state index in [-0.39, 0.29) is 6.61 Å². The summed E-state index contributed by atoms with van der Waals surface area (Å²) in [6.07, 6.45) is 0. The van der Waals surface area contributed by atoms with Crippen LogP contribution in [0.3, 0.4) is 0 Å². The van der Waals surface area contributed by atoms with E-state index in [1.807, 2.05) is 24.9 Å². The molecule has 92 valence electrons. The number of hydrogen-bond donors (Lipinski definition) is 3. The lowest BCUT2D eigenvalue weighted by molar-refractivity contribution is 0.304. The van der Waals surface area contributed by atoms with E-state index in [0.717, 1.165) is 16.0 Å². The highest BCUT2D eigenvalue weighted by molar-refractivity contribution is 7.18. The minimum atomic E-state index is 0.0799. The Hall–Kier alpha value is -1.44. The van der Waals surface area contributed by atoms with Crippen LogP contribution in [0.1, 0.15) is 4.88 Å². The second-order valence-corrected chi connectivity index (χ2v) is 4.97. The van der Waals surface area contributed by atoms with Gasteiger partial charge in [-0.05, 0) is 13.0 Å². The molecule has 2 rings (SSSR count). The summed E-state index contributed by atoms with van der Waals surface area (Å²) in [5.74, 6) is 6.52. The van der Waals surface area contributed by atoms with Crippen LogP contribution in [-0.4, -0.2) is 35.3 Å². The number of hydrogen-bond acceptors (Lipinski definition) is 7. The predicted molar refractivity (Wildman–Crippen MR) is 70.3 cm³/mol. The number of aryl methyl sites for hydroxylation is 1. The summed E-state index contributed by atoms with van der Waals surface area (Å²) in [4.78, 5) is 12.6. The molecule has 2 heterocycles. The van der Waals surface area contributed by atoms with Crippen molar-refractivity contribution in [2.75, 3.05) is 30.5 Å². The maximum Gasteiger partial charge on any atom is 0.240 e. The zero-order chi connectivity index (χ0) is 12.4. The zero-order valence-electron chi connectivity index (χ0n) is 9.77. The Balaban J connectivity index is 2.57. The van der Waals surface area contributed by atoms with Crippen LogP contribution in [0.5, 0.6) is 0 Å². The molecular weight excluding hydrogens is 238 g/mol. The molecule has 6 nitrogen and oxygen atoms in total. The summed E-state index contributed by atoms with van der Waals surface area (Å²) in [6.45, 7) is 2.62. The van der Waals surface area contributed by atoms with Gasteiger partial charge in [-0.15, -0.1) is 11.3 Å². The van der Waals surface area contributed by atoms with Crippen LogP contribution < -0.4 is 16.2 Å². The minimum Gasteiger partial charge on any atom is -0.395 e. The Bertz CT molecular complexity index is 527. The summed E-state index contributed by atoms with van der Waals surface area (Å²) in [5.41, 5.74) is 2.46. The van der Waals surface area contributed by atoms with E-state index in [9.17, 15) is 0 Å². The molecule has 2 aromatic rings. The molecule has 17 heavy (non-hydrogen) atoms. The highest BCUT2D eigenvalue weighted by Gasteiger charge is 2.13. The molecule has 0 aromatic carbocycles. The van der Waals surface area contributed by atoms with Crippen LogP contribution in [0, 0.1) is 6.92 Å². The molecule has 0 aliphatic heterocycles. The van der Waals surface area contributed by atoms with E-state index in [1.165, 1.54) is 4.88 Å². The summed E-state index contributed by atoms with van der Waals surface area (Å²) < 4.78 is 0. The first-order chi connectivity index (χ1) is 8.15. The number of aliphatic hydroxyl groups excluding tert-OH is 1. The molecule has 0 saturated carbocycles. The molecule has 0 fully saturated rings. The number of nitrogens with two attached hydrogens (primary N) is 1. The standard InChI is InChI=1S/C10H15N5OS/c1-6-5-7-8(15(2)3-4-16)12-10(14-11)13-9(7)17-6/h5,16H,3-4,11H2,1-2H3,(H,12,13,14). The number of anilines is 2. The number of aliphatic hydroxyl groups is 1. The molecule has 0 spiro atoms. The quantitative estimate of drug-likeness (QED) is 0.549. The first kappa shape index (κ1) is 12.0. The number of likely N-dealkylation sites (N-methyl/N-ethyl adjacent to an activating group) is 1. The van der Waals surface area contributed by atoms with Gasteiger partial charge in [0.05, 0.1) is 12.0 Å². The van der Waals surface area contributed by atoms with Crippen molar-refractivity contribution in [3.05, 3.63) is 10.9 Å². The molecule has 0 aliphatic carbocycles. The molecule has 0 unspecified atom stereocenters. The average molecular weight is 253 g/mol. The van der Waals surface area contributed by atoms with Crippen LogP contribution in [0.2, 0.25) is 0 Å². The molecule has 0 saturated heterocycles. The van der Waals surface area contributed by atoms with Crippen LogP contribution in [0.25, 0.3) is 10.2 Å². The van der Waals surface area contributed by atoms with Crippen molar-refractivity contribution in [2.24, 2.45) is 5.84 Å². The van der Waals surface area contributed by atoms with E-state index < -0.39 is 0 Å². The second-order valence-electron chi connectivity index (χ2n) is 3.74. The molecule has 0 radical (unpaired) electrons. The number of aromatic nitrogens is 2. The van der Waals surface area contributed by atoms with Crippen LogP contribution >= 0.6 is 11.3 Å². The van der Waals surface area contributed by atoms with Crippen molar-refractivity contribution in [3.8, 4) is 0 Å². The van der Waals surface area contributed by atoms with Crippen LogP contribution in [0.15, 0.2) is 6.07 Å². The highest BCUT2D eigenvalue weighted by Crippen LogP contribution is 2.30. The van der Waals surface area contributed by atoms with Crippen molar-refractivity contribution in [2.45, 2.75) is 6.92 Å². The topological polar surface area (TPSA) is 87.3 Å². The number of nitrogens with zero attached hydrogens (tertiary/aromatic N) is 3. The van der Waals surface area contributed by atoms with Gasteiger partial charge in [0, 0.05) is 18.5 Å². The third kappa shape index (κ3) is 2.31. The lowest BCUT2D eigenvalue weighted by Gasteiger charge is -2.18. The average Bonchev–Trinajstić information content (AvgIpc) is 2.67. The lowest BCUT2D eigenvalue weighted by Crippen LogP contribution is -2.23. The number of fused-ring (bicyclic) bond motifs is 1. The number of nitrogens with one attached hydrogen (secondary N) is 1. The first-order valence-corrected chi connectivity index (χ1v) is 6.04. The van der Waals surface area contributed by atoms with E-state index in [1.54, 1.807) is 11.3 Å². The fraction of sp³-hybridized carbons (Fsp3) is 0.400. The minimum absolute atomic E-state index is 0.0799. The fourth-order valence-corrected chi connectivity index (χ4v) is 2.51. The first-order valence-electron chi connectivity index (χ1n) is 5.22. The lowest BCUT2D eigenvalue weighted by atomic mass is 10.3. The van der Waals surface area contributed by atoms with Crippen molar-refractivity contribution in [3.63, 3.8) is 0 Å². The zero-order valence-corrected chi connectivity index (χ0v) is 10.6. The molecule has 0 aliphatic rings. The summed E-state index contributed by atoms with van der Waals surface area (Å²) >= 11 is 1.60. The highest BCUT2D eigenvalue weighted by atomic mass is 32.1. The summed E-state index contributed by atoms with van der Waals surface area (Å²) in [5, 5.41) is 9.97. The molecule has 0 atom stereocenters. The molecule has 2 aromatic heterocycles. The largest absolute Gasteiger partial charge is 0.395 e. The summed E-state index contributed by atoms with van der Waals surface area (Å²) in [6, 6.07) is 2.05. The molecular formula is C10H15N5OS. The van der Waals surface area contributed by atoms with Gasteiger partial charge in [0.15, 0.2) is 0 Å². The number of thiophene rings is 1. The number of nitrogen functional groups attached to an aromatic ring is 1. The van der Waals surface area contributed by atoms with Gasteiger partial charge in [-0.25, -0.2) is 10.8 Å². The Morgan fingerprint density at radius 2 is 2.29 bits per heavy atom. The van der Waals surface area contributed by atoms with E-state index in [0.29, 0.717) is 12.5 Å². The second kappa shape index (κ2) is 4.82. The molecule has 0 bridgehead atoms. The van der Waals surface area contributed by atoms with Gasteiger partial charge in [0.25, 0.3) is 0 Å². The molecule has 4 N–H and O–H groups in total. The molecule has 0 amide bonds. The van der Waals surface area contributed by atoms with Crippen LogP contribution in [0.4, 0.5) is 11.8 Å². The SMILES string of the molecule is Cc1cc2c(N(C)CCO)nc(NN)nc2s1. The van der Waals surface area contributed by atoms with E-state index in [4.69, 9.17) is 10.9 Å². The number of hydrazine groups is 1. The van der Waals surface area contributed by atoms with E-state index in [2.05, 4.69) is 15.4 Å². The van der Waals surface area contributed by atoms with E-state index >= 15 is 0 Å². The third-order valence-electron chi connectivity index (χ3n) is 2.42. The van der Waals surface area contributed by atoms with Gasteiger partial charge in [-0.1, -0.05) is 0 Å². The Morgan fingerprint density at radius 3 is 2.94 bits per heavy atom. The smallest absolute Gasteiger partial charge is 0.240 e. The van der Waals surface area contributed by atoms with Crippen molar-refractivity contribution >= 4 is 33.3 Å².